The zero-order valence-electron chi connectivity index (χ0n) is 14.2. The highest BCUT2D eigenvalue weighted by molar-refractivity contribution is 9.10. The molecule has 1 aliphatic rings. The van der Waals surface area contributed by atoms with Gasteiger partial charge in [0.15, 0.2) is 12.4 Å². The smallest absolute Gasteiger partial charge is 0.343 e. The summed E-state index contributed by atoms with van der Waals surface area (Å²) in [4.78, 5) is 47.3. The third-order valence-electron chi connectivity index (χ3n) is 3.37. The first kappa shape index (κ1) is 20.7. The predicted molar refractivity (Wildman–Crippen MR) is 96.9 cm³/mol. The zero-order chi connectivity index (χ0) is 20.1. The standard InChI is InChI=1S/C16H14BrClN2O7/c1-25-12(21)6-20-15(23)11(19-16(20)24)5-8-3-9(17)14(10(18)4-8)27-7-13(22)26-2/h3-5H,6-7H2,1-2H3,(H,19,24)/b11-5+. The molecule has 2 rings (SSSR count). The summed E-state index contributed by atoms with van der Waals surface area (Å²) in [6.45, 7) is -0.824. The van der Waals surface area contributed by atoms with Crippen molar-refractivity contribution in [3.63, 3.8) is 0 Å². The van der Waals surface area contributed by atoms with Gasteiger partial charge in [0, 0.05) is 0 Å². The fourth-order valence-corrected chi connectivity index (χ4v) is 3.06. The topological polar surface area (TPSA) is 111 Å². The Labute approximate surface area is 167 Å². The van der Waals surface area contributed by atoms with Crippen molar-refractivity contribution in [3.8, 4) is 5.75 Å². The second-order valence-corrected chi connectivity index (χ2v) is 6.40. The van der Waals surface area contributed by atoms with E-state index in [-0.39, 0.29) is 23.1 Å². The summed E-state index contributed by atoms with van der Waals surface area (Å²) in [5.41, 5.74) is 0.441. The van der Waals surface area contributed by atoms with E-state index in [0.717, 1.165) is 12.0 Å². The normalized spacial score (nSPS) is 15.0. The van der Waals surface area contributed by atoms with Crippen molar-refractivity contribution in [3.05, 3.63) is 32.9 Å². The van der Waals surface area contributed by atoms with Crippen molar-refractivity contribution < 1.29 is 33.4 Å². The van der Waals surface area contributed by atoms with E-state index in [2.05, 4.69) is 30.7 Å². The molecule has 11 heteroatoms. The number of nitrogens with one attached hydrogen (secondary N) is 1. The summed E-state index contributed by atoms with van der Waals surface area (Å²) in [6, 6.07) is 2.32. The predicted octanol–water partition coefficient (Wildman–Crippen LogP) is 1.72. The SMILES string of the molecule is COC(=O)COc1c(Cl)cc(/C=C2/NC(=O)N(CC(=O)OC)C2=O)cc1Br. The highest BCUT2D eigenvalue weighted by Crippen LogP contribution is 2.35. The van der Waals surface area contributed by atoms with Gasteiger partial charge in [-0.3, -0.25) is 9.59 Å². The summed E-state index contributed by atoms with van der Waals surface area (Å²) in [5, 5.41) is 2.54. The van der Waals surface area contributed by atoms with E-state index in [0.29, 0.717) is 10.0 Å². The van der Waals surface area contributed by atoms with Crippen LogP contribution >= 0.6 is 27.5 Å². The lowest BCUT2D eigenvalue weighted by Crippen LogP contribution is -2.36. The van der Waals surface area contributed by atoms with Gasteiger partial charge in [0.1, 0.15) is 12.2 Å². The van der Waals surface area contributed by atoms with Crippen LogP contribution in [0.2, 0.25) is 5.02 Å². The van der Waals surface area contributed by atoms with E-state index < -0.39 is 30.4 Å². The Bertz CT molecular complexity index is 817. The van der Waals surface area contributed by atoms with Gasteiger partial charge < -0.3 is 19.5 Å². The molecule has 0 aromatic heterocycles. The van der Waals surface area contributed by atoms with Gasteiger partial charge in [0.25, 0.3) is 5.91 Å². The number of urea groups is 1. The number of esters is 2. The number of hydrogen-bond donors (Lipinski definition) is 1. The Morgan fingerprint density at radius 1 is 1.22 bits per heavy atom. The van der Waals surface area contributed by atoms with Crippen molar-refractivity contribution in [2.45, 2.75) is 0 Å². The van der Waals surface area contributed by atoms with Crippen LogP contribution in [0.4, 0.5) is 4.79 Å². The average molecular weight is 462 g/mol. The molecule has 0 unspecified atom stereocenters. The minimum absolute atomic E-state index is 0.0323. The molecule has 1 heterocycles. The molecule has 0 aliphatic carbocycles. The molecule has 0 spiro atoms. The molecule has 0 saturated carbocycles. The maximum Gasteiger partial charge on any atom is 0.343 e. The van der Waals surface area contributed by atoms with E-state index in [9.17, 15) is 19.2 Å². The molecular weight excluding hydrogens is 448 g/mol. The van der Waals surface area contributed by atoms with Gasteiger partial charge in [0.05, 0.1) is 23.7 Å². The Balaban J connectivity index is 2.21. The number of amides is 3. The molecule has 1 aliphatic heterocycles. The monoisotopic (exact) mass is 460 g/mol. The Hall–Kier alpha value is -2.59. The maximum absolute atomic E-state index is 12.3. The molecule has 1 saturated heterocycles. The lowest BCUT2D eigenvalue weighted by Gasteiger charge is -2.10. The van der Waals surface area contributed by atoms with Crippen LogP contribution in [0.5, 0.6) is 5.75 Å². The van der Waals surface area contributed by atoms with E-state index in [1.165, 1.54) is 19.3 Å². The maximum atomic E-state index is 12.3. The molecule has 1 aromatic rings. The average Bonchev–Trinajstić information content (AvgIpc) is 2.87. The molecule has 1 aromatic carbocycles. The minimum Gasteiger partial charge on any atom is -0.479 e. The van der Waals surface area contributed by atoms with Gasteiger partial charge in [0.2, 0.25) is 0 Å². The number of nitrogens with zero attached hydrogens (tertiary/aromatic N) is 1. The third-order valence-corrected chi connectivity index (χ3v) is 4.24. The van der Waals surface area contributed by atoms with Gasteiger partial charge in [-0.2, -0.15) is 0 Å². The van der Waals surface area contributed by atoms with Crippen LogP contribution in [0, 0.1) is 0 Å². The van der Waals surface area contributed by atoms with Gasteiger partial charge >= 0.3 is 18.0 Å². The number of carbonyl (C=O) groups excluding carboxylic acids is 4. The molecule has 1 N–H and O–H groups in total. The highest BCUT2D eigenvalue weighted by Gasteiger charge is 2.35. The Kier molecular flexibility index (Phi) is 6.81. The molecule has 27 heavy (non-hydrogen) atoms. The summed E-state index contributed by atoms with van der Waals surface area (Å²) in [5.74, 6) is -1.76. The summed E-state index contributed by atoms with van der Waals surface area (Å²) < 4.78 is 14.6. The lowest BCUT2D eigenvalue weighted by atomic mass is 10.2. The number of benzene rings is 1. The van der Waals surface area contributed by atoms with Gasteiger partial charge in [-0.1, -0.05) is 11.6 Å². The van der Waals surface area contributed by atoms with Crippen molar-refractivity contribution in [1.29, 1.82) is 0 Å². The number of methoxy groups -OCH3 is 2. The number of imide groups is 1. The van der Waals surface area contributed by atoms with Gasteiger partial charge in [-0.05, 0) is 39.7 Å². The third kappa shape index (κ3) is 4.98. The first-order valence-electron chi connectivity index (χ1n) is 7.36. The van der Waals surface area contributed by atoms with Crippen LogP contribution in [-0.2, 0) is 23.9 Å². The van der Waals surface area contributed by atoms with Crippen LogP contribution in [0.25, 0.3) is 6.08 Å². The molecule has 3 amide bonds. The van der Waals surface area contributed by atoms with Crippen LogP contribution in [0.3, 0.4) is 0 Å². The number of hydrogen-bond acceptors (Lipinski definition) is 7. The quantitative estimate of drug-likeness (QED) is 0.390. The summed E-state index contributed by atoms with van der Waals surface area (Å²) in [7, 11) is 2.38. The fourth-order valence-electron chi connectivity index (χ4n) is 2.07. The van der Waals surface area contributed by atoms with Crippen molar-refractivity contribution in [2.24, 2.45) is 0 Å². The van der Waals surface area contributed by atoms with E-state index in [4.69, 9.17) is 16.3 Å². The van der Waals surface area contributed by atoms with Crippen molar-refractivity contribution >= 4 is 57.5 Å². The summed E-state index contributed by atoms with van der Waals surface area (Å²) >= 11 is 9.41. The van der Waals surface area contributed by atoms with Crippen LogP contribution < -0.4 is 10.1 Å². The largest absolute Gasteiger partial charge is 0.479 e. The molecule has 144 valence electrons. The van der Waals surface area contributed by atoms with Crippen LogP contribution in [0.15, 0.2) is 22.3 Å². The minimum atomic E-state index is -0.736. The van der Waals surface area contributed by atoms with Crippen molar-refractivity contribution in [2.75, 3.05) is 27.4 Å². The van der Waals surface area contributed by atoms with Crippen molar-refractivity contribution in [1.82, 2.24) is 10.2 Å². The summed E-state index contributed by atoms with van der Waals surface area (Å²) in [6.07, 6.45) is 1.39. The lowest BCUT2D eigenvalue weighted by molar-refractivity contribution is -0.143. The molecule has 0 radical (unpaired) electrons. The molecule has 0 atom stereocenters. The van der Waals surface area contributed by atoms with Gasteiger partial charge in [-0.25, -0.2) is 14.5 Å². The molecule has 9 nitrogen and oxygen atoms in total. The first-order valence-corrected chi connectivity index (χ1v) is 8.54. The van der Waals surface area contributed by atoms with E-state index >= 15 is 0 Å². The zero-order valence-corrected chi connectivity index (χ0v) is 16.5. The van der Waals surface area contributed by atoms with E-state index in [1.54, 1.807) is 6.07 Å². The second-order valence-electron chi connectivity index (χ2n) is 5.13. The van der Waals surface area contributed by atoms with Crippen LogP contribution in [0.1, 0.15) is 5.56 Å². The Morgan fingerprint density at radius 2 is 1.89 bits per heavy atom. The van der Waals surface area contributed by atoms with Gasteiger partial charge in [-0.15, -0.1) is 0 Å². The number of carbonyl (C=O) groups is 4. The van der Waals surface area contributed by atoms with Crippen LogP contribution in [-0.4, -0.2) is 56.1 Å². The highest BCUT2D eigenvalue weighted by atomic mass is 79.9. The fraction of sp³-hybridized carbons (Fsp3) is 0.250. The number of ether oxygens (including phenoxy) is 3. The number of halogens is 2. The molecule has 1 fully saturated rings. The Morgan fingerprint density at radius 3 is 2.48 bits per heavy atom. The molecular formula is C16H14BrClN2O7. The first-order chi connectivity index (χ1) is 12.8. The second kappa shape index (κ2) is 8.87. The number of rotatable bonds is 6. The van der Waals surface area contributed by atoms with E-state index in [1.807, 2.05) is 0 Å². The molecule has 0 bridgehead atoms.